The van der Waals surface area contributed by atoms with Crippen molar-refractivity contribution in [3.05, 3.63) is 39.0 Å². The summed E-state index contributed by atoms with van der Waals surface area (Å²) in [5.41, 5.74) is 0.684. The molecule has 0 saturated heterocycles. The third-order valence-electron chi connectivity index (χ3n) is 4.27. The number of methoxy groups -OCH3 is 1. The Bertz CT molecular complexity index is 691. The summed E-state index contributed by atoms with van der Waals surface area (Å²) in [4.78, 5) is 13.1. The Morgan fingerprint density at radius 2 is 2.14 bits per heavy atom. The molecule has 2 heterocycles. The van der Waals surface area contributed by atoms with E-state index < -0.39 is 0 Å². The fraction of sp³-hybridized carbons (Fsp3) is 0.500. The van der Waals surface area contributed by atoms with E-state index in [1.807, 2.05) is 12.1 Å². The predicted molar refractivity (Wildman–Crippen MR) is 89.6 cm³/mol. The van der Waals surface area contributed by atoms with Crippen molar-refractivity contribution in [3.8, 4) is 10.6 Å². The SMILES string of the molecule is COC(Cn1nc(-c2ccc(Cl)s2)ccc1=O)C1CCCC1. The van der Waals surface area contributed by atoms with Crippen LogP contribution in [0.1, 0.15) is 25.7 Å². The van der Waals surface area contributed by atoms with Crippen molar-refractivity contribution in [2.45, 2.75) is 38.3 Å². The van der Waals surface area contributed by atoms with E-state index in [1.54, 1.807) is 19.2 Å². The maximum atomic E-state index is 12.1. The Morgan fingerprint density at radius 3 is 2.77 bits per heavy atom. The lowest BCUT2D eigenvalue weighted by Crippen LogP contribution is -2.33. The summed E-state index contributed by atoms with van der Waals surface area (Å²) in [7, 11) is 1.72. The molecule has 4 nitrogen and oxygen atoms in total. The summed E-state index contributed by atoms with van der Waals surface area (Å²) in [5.74, 6) is 0.526. The maximum absolute atomic E-state index is 12.1. The molecule has 0 radical (unpaired) electrons. The van der Waals surface area contributed by atoms with Crippen molar-refractivity contribution in [2.24, 2.45) is 5.92 Å². The zero-order valence-corrected chi connectivity index (χ0v) is 14.1. The van der Waals surface area contributed by atoms with Crippen LogP contribution in [-0.2, 0) is 11.3 Å². The molecular weight excluding hydrogens is 320 g/mol. The van der Waals surface area contributed by atoms with Gasteiger partial charge in [0.1, 0.15) is 5.69 Å². The van der Waals surface area contributed by atoms with Gasteiger partial charge >= 0.3 is 0 Å². The molecule has 118 valence electrons. The first-order valence-electron chi connectivity index (χ1n) is 7.54. The molecule has 1 atom stereocenters. The van der Waals surface area contributed by atoms with Crippen molar-refractivity contribution >= 4 is 22.9 Å². The van der Waals surface area contributed by atoms with Gasteiger partial charge in [0.15, 0.2) is 0 Å². The van der Waals surface area contributed by atoms with E-state index in [9.17, 15) is 4.79 Å². The van der Waals surface area contributed by atoms with E-state index in [4.69, 9.17) is 16.3 Å². The predicted octanol–water partition coefficient (Wildman–Crippen LogP) is 3.83. The Labute approximate surface area is 138 Å². The fourth-order valence-corrected chi connectivity index (χ4v) is 4.09. The topological polar surface area (TPSA) is 44.1 Å². The summed E-state index contributed by atoms with van der Waals surface area (Å²) in [6.45, 7) is 0.507. The molecular formula is C16H19ClN2O2S. The average Bonchev–Trinajstić information content (AvgIpc) is 3.18. The molecule has 2 aromatic rings. The van der Waals surface area contributed by atoms with Crippen LogP contribution in [0.4, 0.5) is 0 Å². The lowest BCUT2D eigenvalue weighted by atomic mass is 10.0. The molecule has 0 bridgehead atoms. The van der Waals surface area contributed by atoms with E-state index in [0.717, 1.165) is 14.9 Å². The highest BCUT2D eigenvalue weighted by Crippen LogP contribution is 2.30. The fourth-order valence-electron chi connectivity index (χ4n) is 3.08. The molecule has 1 aliphatic rings. The molecule has 2 aromatic heterocycles. The Kier molecular flexibility index (Phi) is 4.96. The normalized spacial score (nSPS) is 17.0. The number of hydrogen-bond acceptors (Lipinski definition) is 4. The third-order valence-corrected chi connectivity index (χ3v) is 5.53. The summed E-state index contributed by atoms with van der Waals surface area (Å²) < 4.78 is 7.87. The van der Waals surface area contributed by atoms with Crippen LogP contribution in [0.25, 0.3) is 10.6 Å². The minimum atomic E-state index is -0.0913. The first-order chi connectivity index (χ1) is 10.7. The van der Waals surface area contributed by atoms with Crippen LogP contribution in [-0.4, -0.2) is 23.0 Å². The molecule has 3 rings (SSSR count). The minimum absolute atomic E-state index is 0.0508. The van der Waals surface area contributed by atoms with Gasteiger partial charge in [-0.1, -0.05) is 24.4 Å². The van der Waals surface area contributed by atoms with Gasteiger partial charge in [-0.05, 0) is 37.0 Å². The third kappa shape index (κ3) is 3.42. The van der Waals surface area contributed by atoms with Gasteiger partial charge in [0, 0.05) is 13.2 Å². The summed E-state index contributed by atoms with van der Waals surface area (Å²) >= 11 is 7.44. The van der Waals surface area contributed by atoms with Gasteiger partial charge < -0.3 is 4.74 Å². The first-order valence-corrected chi connectivity index (χ1v) is 8.73. The van der Waals surface area contributed by atoms with Crippen LogP contribution in [0.2, 0.25) is 4.34 Å². The number of ether oxygens (including phenoxy) is 1. The zero-order valence-electron chi connectivity index (χ0n) is 12.5. The number of nitrogens with zero attached hydrogens (tertiary/aromatic N) is 2. The summed E-state index contributed by atoms with van der Waals surface area (Å²) in [6, 6.07) is 7.08. The maximum Gasteiger partial charge on any atom is 0.266 e. The quantitative estimate of drug-likeness (QED) is 0.832. The lowest BCUT2D eigenvalue weighted by molar-refractivity contribution is 0.0370. The summed E-state index contributed by atoms with van der Waals surface area (Å²) in [6.07, 6.45) is 4.90. The van der Waals surface area contributed by atoms with Crippen molar-refractivity contribution in [1.82, 2.24) is 9.78 Å². The van der Waals surface area contributed by atoms with Gasteiger partial charge in [0.2, 0.25) is 0 Å². The first kappa shape index (κ1) is 15.7. The molecule has 0 spiro atoms. The van der Waals surface area contributed by atoms with E-state index >= 15 is 0 Å². The zero-order chi connectivity index (χ0) is 15.5. The molecule has 1 unspecified atom stereocenters. The smallest absolute Gasteiger partial charge is 0.266 e. The van der Waals surface area contributed by atoms with E-state index in [-0.39, 0.29) is 11.7 Å². The number of rotatable bonds is 5. The Morgan fingerprint density at radius 1 is 1.36 bits per heavy atom. The van der Waals surface area contributed by atoms with E-state index in [0.29, 0.717) is 12.5 Å². The van der Waals surface area contributed by atoms with Gasteiger partial charge in [-0.3, -0.25) is 4.79 Å². The van der Waals surface area contributed by atoms with Gasteiger partial charge in [-0.25, -0.2) is 4.68 Å². The lowest BCUT2D eigenvalue weighted by Gasteiger charge is -2.22. The minimum Gasteiger partial charge on any atom is -0.379 e. The van der Waals surface area contributed by atoms with Crippen molar-refractivity contribution in [1.29, 1.82) is 0 Å². The van der Waals surface area contributed by atoms with Crippen LogP contribution in [0, 0.1) is 5.92 Å². The highest BCUT2D eigenvalue weighted by Gasteiger charge is 2.25. The number of hydrogen-bond donors (Lipinski definition) is 0. The molecule has 22 heavy (non-hydrogen) atoms. The average molecular weight is 339 g/mol. The van der Waals surface area contributed by atoms with E-state index in [1.165, 1.54) is 41.7 Å². The van der Waals surface area contributed by atoms with Crippen molar-refractivity contribution in [2.75, 3.05) is 7.11 Å². The van der Waals surface area contributed by atoms with Crippen molar-refractivity contribution < 1.29 is 4.74 Å². The summed E-state index contributed by atoms with van der Waals surface area (Å²) in [5, 5.41) is 4.49. The van der Waals surface area contributed by atoms with Crippen LogP contribution in [0.5, 0.6) is 0 Å². The number of thiophene rings is 1. The van der Waals surface area contributed by atoms with Crippen LogP contribution in [0.15, 0.2) is 29.1 Å². The second kappa shape index (κ2) is 6.94. The molecule has 1 fully saturated rings. The second-order valence-corrected chi connectivity index (χ2v) is 7.38. The van der Waals surface area contributed by atoms with Gasteiger partial charge in [-0.2, -0.15) is 5.10 Å². The van der Waals surface area contributed by atoms with Gasteiger partial charge in [0.25, 0.3) is 5.56 Å². The molecule has 6 heteroatoms. The molecule has 1 saturated carbocycles. The monoisotopic (exact) mass is 338 g/mol. The Balaban J connectivity index is 1.84. The highest BCUT2D eigenvalue weighted by molar-refractivity contribution is 7.19. The second-order valence-electron chi connectivity index (χ2n) is 5.66. The van der Waals surface area contributed by atoms with Gasteiger partial charge in [-0.15, -0.1) is 11.3 Å². The molecule has 0 aliphatic heterocycles. The van der Waals surface area contributed by atoms with Crippen LogP contribution < -0.4 is 5.56 Å². The number of halogens is 1. The van der Waals surface area contributed by atoms with Gasteiger partial charge in [0.05, 0.1) is 21.9 Å². The highest BCUT2D eigenvalue weighted by atomic mass is 35.5. The standard InChI is InChI=1S/C16H19ClN2O2S/c1-21-13(11-4-2-3-5-11)10-19-16(20)9-6-12(18-19)14-7-8-15(17)22-14/h6-9,11,13H,2-5,10H2,1H3. The largest absolute Gasteiger partial charge is 0.379 e. The van der Waals surface area contributed by atoms with E-state index in [2.05, 4.69) is 5.10 Å². The molecule has 0 aromatic carbocycles. The van der Waals surface area contributed by atoms with Crippen LogP contribution in [0.3, 0.4) is 0 Å². The van der Waals surface area contributed by atoms with Crippen LogP contribution >= 0.6 is 22.9 Å². The molecule has 1 aliphatic carbocycles. The van der Waals surface area contributed by atoms with Crippen molar-refractivity contribution in [3.63, 3.8) is 0 Å². The number of aromatic nitrogens is 2. The molecule has 0 N–H and O–H groups in total. The Hall–Kier alpha value is -1.17. The molecule has 0 amide bonds.